The molecule has 1 heterocycles. The lowest BCUT2D eigenvalue weighted by atomic mass is 10.3. The number of benzene rings is 2. The molecule has 31 heavy (non-hydrogen) atoms. The number of hydrogen-bond donors (Lipinski definition) is 1. The van der Waals surface area contributed by atoms with Crippen LogP contribution in [0.2, 0.25) is 0 Å². The van der Waals surface area contributed by atoms with Crippen LogP contribution in [0.3, 0.4) is 0 Å². The fourth-order valence-electron chi connectivity index (χ4n) is 2.31. The molecule has 0 bridgehead atoms. The summed E-state index contributed by atoms with van der Waals surface area (Å²) in [5, 5.41) is 4.60. The van der Waals surface area contributed by atoms with E-state index < -0.39 is 10.3 Å². The van der Waals surface area contributed by atoms with Crippen LogP contribution in [0.5, 0.6) is 11.5 Å². The highest BCUT2D eigenvalue weighted by atomic mass is 32.2. The predicted octanol–water partition coefficient (Wildman–Crippen LogP) is 4.46. The Balaban J connectivity index is 1.55. The molecule has 2 aromatic carbocycles. The first kappa shape index (κ1) is 22.6. The molecule has 0 aliphatic rings. The van der Waals surface area contributed by atoms with Gasteiger partial charge in [-0.1, -0.05) is 40.7 Å². The maximum atomic E-state index is 12.1. The number of aromatic amines is 1. The number of para-hydroxylation sites is 2. The van der Waals surface area contributed by atoms with E-state index in [0.29, 0.717) is 35.1 Å². The molecule has 0 saturated carbocycles. The summed E-state index contributed by atoms with van der Waals surface area (Å²) < 4.78 is 41.8. The first-order chi connectivity index (χ1) is 14.9. The molecule has 9 nitrogen and oxygen atoms in total. The average Bonchev–Trinajstić information content (AvgIpc) is 3.25. The lowest BCUT2D eigenvalue weighted by Crippen LogP contribution is -2.09. The van der Waals surface area contributed by atoms with E-state index in [1.165, 1.54) is 12.1 Å². The van der Waals surface area contributed by atoms with Crippen LogP contribution in [0.15, 0.2) is 81.6 Å². The van der Waals surface area contributed by atoms with Crippen LogP contribution in [-0.2, 0) is 19.7 Å². The summed E-state index contributed by atoms with van der Waals surface area (Å²) in [5.41, 5.74) is 1.96. The topological polar surface area (TPSA) is 112 Å². The minimum atomic E-state index is -4.15. The van der Waals surface area contributed by atoms with E-state index in [9.17, 15) is 8.42 Å². The van der Waals surface area contributed by atoms with Crippen molar-refractivity contribution in [2.24, 2.45) is 8.80 Å². The summed E-state index contributed by atoms with van der Waals surface area (Å²) in [6, 6.07) is 20.4. The van der Waals surface area contributed by atoms with Gasteiger partial charge in [-0.3, -0.25) is 0 Å². The summed E-state index contributed by atoms with van der Waals surface area (Å²) in [4.78, 5) is 7.96. The van der Waals surface area contributed by atoms with Gasteiger partial charge in [0.25, 0.3) is 0 Å². The normalized spacial score (nSPS) is 12.6. The van der Waals surface area contributed by atoms with Crippen molar-refractivity contribution in [2.45, 2.75) is 13.8 Å². The summed E-state index contributed by atoms with van der Waals surface area (Å²) in [6.45, 7) is 3.30. The van der Waals surface area contributed by atoms with Crippen LogP contribution < -0.4 is 9.07 Å². The summed E-state index contributed by atoms with van der Waals surface area (Å²) >= 11 is 0.679. The van der Waals surface area contributed by atoms with Crippen molar-refractivity contribution in [1.29, 1.82) is 0 Å². The van der Waals surface area contributed by atoms with Crippen LogP contribution in [0.1, 0.15) is 25.2 Å². The monoisotopic (exact) mass is 461 g/mol. The second-order valence-electron chi connectivity index (χ2n) is 6.07. The highest BCUT2D eigenvalue weighted by Crippen LogP contribution is 2.15. The van der Waals surface area contributed by atoms with Crippen molar-refractivity contribution >= 4 is 34.0 Å². The quantitative estimate of drug-likeness (QED) is 0.118. The molecule has 1 N–H and O–H groups in total. The SMILES string of the molecule is CC(=NSOOOc1ccccc1)c1ccc(C(C)=NS(=O)(=O)Oc2ccccc2)[nH]1. The fourth-order valence-corrected chi connectivity index (χ4v) is 3.43. The highest BCUT2D eigenvalue weighted by molar-refractivity contribution is 7.93. The van der Waals surface area contributed by atoms with Gasteiger partial charge in [-0.15, -0.1) is 4.40 Å². The molecule has 0 atom stereocenters. The van der Waals surface area contributed by atoms with Crippen LogP contribution in [0.4, 0.5) is 0 Å². The molecule has 0 fully saturated rings. The summed E-state index contributed by atoms with van der Waals surface area (Å²) in [7, 11) is -4.15. The van der Waals surface area contributed by atoms with Crippen molar-refractivity contribution in [1.82, 2.24) is 4.98 Å². The van der Waals surface area contributed by atoms with Gasteiger partial charge in [-0.25, -0.2) is 0 Å². The van der Waals surface area contributed by atoms with E-state index in [1.54, 1.807) is 68.4 Å². The summed E-state index contributed by atoms with van der Waals surface area (Å²) in [6.07, 6.45) is 0. The van der Waals surface area contributed by atoms with E-state index in [1.807, 2.05) is 6.07 Å². The second kappa shape index (κ2) is 10.8. The third kappa shape index (κ3) is 7.26. The van der Waals surface area contributed by atoms with Crippen LogP contribution in [-0.4, -0.2) is 24.8 Å². The molecular weight excluding hydrogens is 442 g/mol. The van der Waals surface area contributed by atoms with Crippen molar-refractivity contribution < 1.29 is 26.9 Å². The van der Waals surface area contributed by atoms with Crippen LogP contribution in [0, 0.1) is 0 Å². The van der Waals surface area contributed by atoms with E-state index in [2.05, 4.69) is 18.8 Å². The van der Waals surface area contributed by atoms with Gasteiger partial charge in [0.15, 0.2) is 18.0 Å². The molecule has 0 aliphatic heterocycles. The van der Waals surface area contributed by atoms with E-state index in [-0.39, 0.29) is 11.5 Å². The Bertz CT molecular complexity index is 1150. The zero-order chi connectivity index (χ0) is 22.1. The van der Waals surface area contributed by atoms with Gasteiger partial charge in [0.05, 0.1) is 22.8 Å². The predicted molar refractivity (Wildman–Crippen MR) is 118 cm³/mol. The molecule has 0 spiro atoms. The molecule has 3 aromatic rings. The number of H-pyrrole nitrogens is 1. The lowest BCUT2D eigenvalue weighted by molar-refractivity contribution is -0.403. The Morgan fingerprint density at radius 1 is 0.839 bits per heavy atom. The van der Waals surface area contributed by atoms with Crippen LogP contribution >= 0.6 is 12.2 Å². The van der Waals surface area contributed by atoms with Gasteiger partial charge < -0.3 is 14.1 Å². The molecule has 162 valence electrons. The average molecular weight is 462 g/mol. The Morgan fingerprint density at radius 3 is 2.06 bits per heavy atom. The maximum absolute atomic E-state index is 12.1. The van der Waals surface area contributed by atoms with Crippen LogP contribution in [0.25, 0.3) is 0 Å². The van der Waals surface area contributed by atoms with Crippen molar-refractivity contribution in [2.75, 3.05) is 0 Å². The molecule has 0 amide bonds. The van der Waals surface area contributed by atoms with Gasteiger partial charge in [0.1, 0.15) is 5.75 Å². The molecule has 0 unspecified atom stereocenters. The fraction of sp³-hybridized carbons (Fsp3) is 0.100. The van der Waals surface area contributed by atoms with E-state index in [0.717, 1.165) is 0 Å². The zero-order valence-electron chi connectivity index (χ0n) is 16.6. The number of rotatable bonds is 10. The number of hydrogen-bond acceptors (Lipinski definition) is 8. The molecule has 11 heteroatoms. The van der Waals surface area contributed by atoms with Gasteiger partial charge >= 0.3 is 10.3 Å². The number of nitrogens with one attached hydrogen (secondary N) is 1. The highest BCUT2D eigenvalue weighted by Gasteiger charge is 2.13. The Morgan fingerprint density at radius 2 is 1.42 bits per heavy atom. The molecule has 1 aromatic heterocycles. The first-order valence-corrected chi connectivity index (χ1v) is 11.0. The standard InChI is InChI=1S/C20H19N3O6S2/c1-15(22-30-29-28-26-17-9-5-3-6-10-17)19-13-14-20(21-19)16(2)23-31(24,25)27-18-11-7-4-8-12-18/h3-14,21H,1-2H3. The van der Waals surface area contributed by atoms with Gasteiger partial charge in [0, 0.05) is 5.04 Å². The molecular formula is C20H19N3O6S2. The number of nitrogens with zero attached hydrogens (tertiary/aromatic N) is 2. The minimum absolute atomic E-state index is 0.185. The Hall–Kier alpha value is -3.12. The first-order valence-electron chi connectivity index (χ1n) is 8.95. The maximum Gasteiger partial charge on any atom is 0.428 e. The lowest BCUT2D eigenvalue weighted by Gasteiger charge is -2.03. The number of aromatic nitrogens is 1. The zero-order valence-corrected chi connectivity index (χ0v) is 18.2. The van der Waals surface area contributed by atoms with Gasteiger partial charge in [0.2, 0.25) is 0 Å². The second-order valence-corrected chi connectivity index (χ2v) is 7.74. The third-order valence-corrected chi connectivity index (χ3v) is 5.13. The third-order valence-electron chi connectivity index (χ3n) is 3.76. The van der Waals surface area contributed by atoms with Gasteiger partial charge in [-0.2, -0.15) is 12.8 Å². The Kier molecular flexibility index (Phi) is 7.84. The molecule has 0 aliphatic carbocycles. The smallest absolute Gasteiger partial charge is 0.366 e. The molecule has 0 saturated heterocycles. The van der Waals surface area contributed by atoms with Gasteiger partial charge in [-0.05, 0) is 50.2 Å². The Labute approximate surface area is 184 Å². The summed E-state index contributed by atoms with van der Waals surface area (Å²) in [5.74, 6) is 0.670. The van der Waals surface area contributed by atoms with Crippen molar-refractivity contribution in [3.05, 3.63) is 84.2 Å². The van der Waals surface area contributed by atoms with E-state index >= 15 is 0 Å². The largest absolute Gasteiger partial charge is 0.428 e. The molecule has 3 rings (SSSR count). The molecule has 0 radical (unpaired) electrons. The van der Waals surface area contributed by atoms with Crippen molar-refractivity contribution in [3.8, 4) is 11.5 Å². The van der Waals surface area contributed by atoms with E-state index in [4.69, 9.17) is 13.4 Å². The minimum Gasteiger partial charge on any atom is -0.366 e. The van der Waals surface area contributed by atoms with Crippen molar-refractivity contribution in [3.63, 3.8) is 0 Å².